The molecule has 0 radical (unpaired) electrons. The standard InChI is InChI=1S/C19H13ClOS2/c20-13-7-9-14(10-8-13)23-19-12-17(18-6-3-11-22-18)21-16-5-2-1-4-15(16)19/h1-12,19H. The lowest BCUT2D eigenvalue weighted by Crippen LogP contribution is -2.06. The molecule has 2 heterocycles. The Bertz CT molecular complexity index is 838. The second-order valence-electron chi connectivity index (χ2n) is 5.14. The van der Waals surface area contributed by atoms with Gasteiger partial charge in [0.2, 0.25) is 0 Å². The number of halogens is 1. The average Bonchev–Trinajstić information content (AvgIpc) is 3.11. The molecule has 0 amide bonds. The first-order chi connectivity index (χ1) is 11.3. The van der Waals surface area contributed by atoms with Crippen molar-refractivity contribution in [1.29, 1.82) is 0 Å². The highest BCUT2D eigenvalue weighted by atomic mass is 35.5. The highest BCUT2D eigenvalue weighted by Crippen LogP contribution is 2.46. The van der Waals surface area contributed by atoms with Crippen molar-refractivity contribution in [3.63, 3.8) is 0 Å². The van der Waals surface area contributed by atoms with Crippen molar-refractivity contribution in [3.05, 3.63) is 87.6 Å². The van der Waals surface area contributed by atoms with E-state index in [2.05, 4.69) is 41.8 Å². The zero-order valence-electron chi connectivity index (χ0n) is 12.1. The van der Waals surface area contributed by atoms with Crippen LogP contribution < -0.4 is 4.74 Å². The molecule has 1 aliphatic heterocycles. The number of thiophene rings is 1. The molecule has 114 valence electrons. The predicted molar refractivity (Wildman–Crippen MR) is 99.4 cm³/mol. The van der Waals surface area contributed by atoms with Crippen molar-refractivity contribution in [2.45, 2.75) is 10.1 Å². The van der Waals surface area contributed by atoms with Gasteiger partial charge < -0.3 is 4.74 Å². The van der Waals surface area contributed by atoms with E-state index in [1.807, 2.05) is 30.3 Å². The van der Waals surface area contributed by atoms with Crippen LogP contribution in [-0.2, 0) is 0 Å². The van der Waals surface area contributed by atoms with Crippen LogP contribution in [0.15, 0.2) is 77.0 Å². The van der Waals surface area contributed by atoms with Gasteiger partial charge in [-0.25, -0.2) is 0 Å². The molecule has 0 saturated carbocycles. The average molecular weight is 357 g/mol. The minimum Gasteiger partial charge on any atom is -0.456 e. The number of thioether (sulfide) groups is 1. The summed E-state index contributed by atoms with van der Waals surface area (Å²) in [6.45, 7) is 0. The number of hydrogen-bond acceptors (Lipinski definition) is 3. The molecule has 1 aromatic heterocycles. The van der Waals surface area contributed by atoms with E-state index in [1.165, 1.54) is 10.5 Å². The van der Waals surface area contributed by atoms with Crippen molar-refractivity contribution in [1.82, 2.24) is 0 Å². The number of ether oxygens (including phenoxy) is 1. The third kappa shape index (κ3) is 3.18. The van der Waals surface area contributed by atoms with Crippen LogP contribution in [0.5, 0.6) is 5.75 Å². The Labute approximate surface area is 148 Å². The fourth-order valence-electron chi connectivity index (χ4n) is 2.50. The first-order valence-corrected chi connectivity index (χ1v) is 9.38. The summed E-state index contributed by atoms with van der Waals surface area (Å²) in [4.78, 5) is 2.35. The Kier molecular flexibility index (Phi) is 4.17. The molecule has 0 saturated heterocycles. The van der Waals surface area contributed by atoms with Gasteiger partial charge in [-0.1, -0.05) is 35.9 Å². The molecule has 1 nitrogen and oxygen atoms in total. The molecule has 0 N–H and O–H groups in total. The van der Waals surface area contributed by atoms with Crippen molar-refractivity contribution in [3.8, 4) is 5.75 Å². The largest absolute Gasteiger partial charge is 0.456 e. The Morgan fingerprint density at radius 2 is 1.78 bits per heavy atom. The van der Waals surface area contributed by atoms with Crippen molar-refractivity contribution < 1.29 is 4.74 Å². The molecule has 1 atom stereocenters. The molecule has 0 aliphatic carbocycles. The monoisotopic (exact) mass is 356 g/mol. The molecule has 1 aliphatic rings. The highest BCUT2D eigenvalue weighted by molar-refractivity contribution is 7.99. The van der Waals surface area contributed by atoms with Gasteiger partial charge in [0.15, 0.2) is 0 Å². The van der Waals surface area contributed by atoms with Gasteiger partial charge in [0.1, 0.15) is 11.5 Å². The molecular formula is C19H13ClOS2. The Morgan fingerprint density at radius 3 is 2.57 bits per heavy atom. The molecule has 0 fully saturated rings. The minimum absolute atomic E-state index is 0.221. The summed E-state index contributed by atoms with van der Waals surface area (Å²) in [7, 11) is 0. The second-order valence-corrected chi connectivity index (χ2v) is 7.74. The maximum absolute atomic E-state index is 6.10. The maximum atomic E-state index is 6.10. The van der Waals surface area contributed by atoms with Gasteiger partial charge in [-0.3, -0.25) is 0 Å². The Balaban J connectivity index is 1.71. The highest BCUT2D eigenvalue weighted by Gasteiger charge is 2.23. The van der Waals surface area contributed by atoms with Crippen LogP contribution in [0, 0.1) is 0 Å². The number of fused-ring (bicyclic) bond motifs is 1. The van der Waals surface area contributed by atoms with Crippen molar-refractivity contribution in [2.75, 3.05) is 0 Å². The van der Waals surface area contributed by atoms with E-state index in [9.17, 15) is 0 Å². The molecule has 3 aromatic rings. The fourth-order valence-corrected chi connectivity index (χ4v) is 4.41. The number of rotatable bonds is 3. The summed E-state index contributed by atoms with van der Waals surface area (Å²) in [5.41, 5.74) is 1.20. The maximum Gasteiger partial charge on any atom is 0.142 e. The quantitative estimate of drug-likeness (QED) is 0.518. The third-order valence-corrected chi connectivity index (χ3v) is 5.91. The Hall–Kier alpha value is -1.68. The Morgan fingerprint density at radius 1 is 0.957 bits per heavy atom. The van der Waals surface area contributed by atoms with Gasteiger partial charge in [0.25, 0.3) is 0 Å². The van der Waals surface area contributed by atoms with E-state index in [0.29, 0.717) is 0 Å². The van der Waals surface area contributed by atoms with Gasteiger partial charge in [-0.05, 0) is 47.9 Å². The summed E-state index contributed by atoms with van der Waals surface area (Å²) in [6.07, 6.45) is 2.20. The smallest absolute Gasteiger partial charge is 0.142 e. The summed E-state index contributed by atoms with van der Waals surface area (Å²) in [5, 5.41) is 3.05. The lowest BCUT2D eigenvalue weighted by Gasteiger charge is -2.24. The van der Waals surface area contributed by atoms with Gasteiger partial charge in [0.05, 0.1) is 10.1 Å². The van der Waals surface area contributed by atoms with E-state index in [1.54, 1.807) is 23.1 Å². The zero-order valence-corrected chi connectivity index (χ0v) is 14.5. The fraction of sp³-hybridized carbons (Fsp3) is 0.0526. The molecule has 0 spiro atoms. The minimum atomic E-state index is 0.221. The third-order valence-electron chi connectivity index (χ3n) is 3.59. The molecule has 23 heavy (non-hydrogen) atoms. The van der Waals surface area contributed by atoms with Gasteiger partial charge in [-0.15, -0.1) is 23.1 Å². The summed E-state index contributed by atoms with van der Waals surface area (Å²) in [5.74, 6) is 1.87. The van der Waals surface area contributed by atoms with E-state index in [-0.39, 0.29) is 5.25 Å². The second kappa shape index (κ2) is 6.44. The van der Waals surface area contributed by atoms with Crippen molar-refractivity contribution in [2.24, 2.45) is 0 Å². The molecule has 0 bridgehead atoms. The van der Waals surface area contributed by atoms with Crippen LogP contribution >= 0.6 is 34.7 Å². The lowest BCUT2D eigenvalue weighted by molar-refractivity contribution is 0.499. The van der Waals surface area contributed by atoms with Gasteiger partial charge in [-0.2, -0.15) is 0 Å². The number of benzene rings is 2. The molecule has 4 rings (SSSR count). The summed E-state index contributed by atoms with van der Waals surface area (Å²) >= 11 is 9.49. The van der Waals surface area contributed by atoms with Gasteiger partial charge in [0, 0.05) is 15.5 Å². The van der Waals surface area contributed by atoms with E-state index >= 15 is 0 Å². The van der Waals surface area contributed by atoms with Crippen LogP contribution in [-0.4, -0.2) is 0 Å². The van der Waals surface area contributed by atoms with Crippen LogP contribution in [0.2, 0.25) is 5.02 Å². The van der Waals surface area contributed by atoms with Crippen LogP contribution in [0.3, 0.4) is 0 Å². The number of hydrogen-bond donors (Lipinski definition) is 0. The zero-order chi connectivity index (χ0) is 15.6. The molecular weight excluding hydrogens is 344 g/mol. The SMILES string of the molecule is Clc1ccc(SC2C=C(c3cccs3)Oc3ccccc32)cc1. The normalized spacial score (nSPS) is 16.4. The molecule has 4 heteroatoms. The van der Waals surface area contributed by atoms with E-state index in [4.69, 9.17) is 16.3 Å². The lowest BCUT2D eigenvalue weighted by atomic mass is 10.1. The van der Waals surface area contributed by atoms with Crippen molar-refractivity contribution >= 4 is 40.5 Å². The summed E-state index contributed by atoms with van der Waals surface area (Å²) in [6, 6.07) is 20.4. The predicted octanol–water partition coefficient (Wildman–Crippen LogP) is 6.67. The van der Waals surface area contributed by atoms with Crippen LogP contribution in [0.1, 0.15) is 15.7 Å². The molecule has 1 unspecified atom stereocenters. The van der Waals surface area contributed by atoms with Gasteiger partial charge >= 0.3 is 0 Å². The first kappa shape index (κ1) is 14.9. The summed E-state index contributed by atoms with van der Waals surface area (Å²) < 4.78 is 6.10. The topological polar surface area (TPSA) is 9.23 Å². The van der Waals surface area contributed by atoms with Crippen LogP contribution in [0.4, 0.5) is 0 Å². The first-order valence-electron chi connectivity index (χ1n) is 7.24. The van der Waals surface area contributed by atoms with E-state index < -0.39 is 0 Å². The molecule has 2 aromatic carbocycles. The van der Waals surface area contributed by atoms with Crippen LogP contribution in [0.25, 0.3) is 5.76 Å². The van der Waals surface area contributed by atoms with E-state index in [0.717, 1.165) is 21.4 Å². The number of para-hydroxylation sites is 1.